The Labute approximate surface area is 70.0 Å². The molecule has 0 bridgehead atoms. The molecule has 0 aliphatic rings. The fourth-order valence-corrected chi connectivity index (χ4v) is 0.757. The van der Waals surface area contributed by atoms with Crippen molar-refractivity contribution in [3.05, 3.63) is 0 Å². The van der Waals surface area contributed by atoms with Gasteiger partial charge in [0.15, 0.2) is 0 Å². The summed E-state index contributed by atoms with van der Waals surface area (Å²) in [6.45, 7) is 1.24. The van der Waals surface area contributed by atoms with Gasteiger partial charge in [-0.1, -0.05) is 0 Å². The third-order valence-corrected chi connectivity index (χ3v) is 1.28. The number of hydrogen-bond acceptors (Lipinski definition) is 5. The van der Waals surface area contributed by atoms with Gasteiger partial charge in [0.25, 0.3) is 0 Å². The Morgan fingerprint density at radius 2 is 2.00 bits per heavy atom. The summed E-state index contributed by atoms with van der Waals surface area (Å²) in [4.78, 5) is 20.7. The summed E-state index contributed by atoms with van der Waals surface area (Å²) in [5, 5.41) is 19.3. The molecule has 1 N–H and O–H groups in total. The molecule has 0 amide bonds. The van der Waals surface area contributed by atoms with Crippen LogP contribution in [-0.4, -0.2) is 29.8 Å². The molecule has 0 spiro atoms. The zero-order valence-corrected chi connectivity index (χ0v) is 6.99. The summed E-state index contributed by atoms with van der Waals surface area (Å²) in [5.74, 6) is -2.05. The first-order valence-corrected chi connectivity index (χ1v) is 3.36. The van der Waals surface area contributed by atoms with Gasteiger partial charge in [-0.15, -0.1) is 0 Å². The molecular formula is C7H11O5-. The van der Waals surface area contributed by atoms with Crippen molar-refractivity contribution in [2.75, 3.05) is 7.11 Å². The number of carboxylic acid groups (broad SMARTS) is 1. The average Bonchev–Trinajstić information content (AvgIpc) is 1.83. The van der Waals surface area contributed by atoms with Crippen molar-refractivity contribution in [1.29, 1.82) is 0 Å². The molecule has 0 saturated heterocycles. The zero-order chi connectivity index (χ0) is 9.78. The number of aliphatic carboxylic acids is 1. The zero-order valence-electron chi connectivity index (χ0n) is 6.99. The van der Waals surface area contributed by atoms with Crippen LogP contribution in [0, 0.1) is 0 Å². The Morgan fingerprint density at radius 1 is 1.50 bits per heavy atom. The van der Waals surface area contributed by atoms with E-state index in [1.165, 1.54) is 6.92 Å². The molecule has 0 aromatic heterocycles. The van der Waals surface area contributed by atoms with Crippen molar-refractivity contribution in [2.24, 2.45) is 0 Å². The van der Waals surface area contributed by atoms with Crippen LogP contribution in [0.15, 0.2) is 0 Å². The van der Waals surface area contributed by atoms with E-state index in [0.29, 0.717) is 0 Å². The van der Waals surface area contributed by atoms with Crippen molar-refractivity contribution in [1.82, 2.24) is 0 Å². The minimum absolute atomic E-state index is 0.350. The van der Waals surface area contributed by atoms with Gasteiger partial charge in [-0.2, -0.15) is 0 Å². The van der Waals surface area contributed by atoms with Crippen molar-refractivity contribution in [2.45, 2.75) is 25.4 Å². The lowest BCUT2D eigenvalue weighted by molar-refractivity contribution is -0.309. The molecule has 1 atom stereocenters. The van der Waals surface area contributed by atoms with E-state index in [1.54, 1.807) is 0 Å². The lowest BCUT2D eigenvalue weighted by atomic mass is 9.98. The Balaban J connectivity index is 4.03. The van der Waals surface area contributed by atoms with Crippen LogP contribution in [0.4, 0.5) is 0 Å². The Hall–Kier alpha value is -1.10. The van der Waals surface area contributed by atoms with Gasteiger partial charge in [-0.05, 0) is 6.92 Å². The van der Waals surface area contributed by atoms with E-state index in [1.807, 2.05) is 0 Å². The Bertz CT molecular complexity index is 184. The number of hydrogen-bond donors (Lipinski definition) is 1. The summed E-state index contributed by atoms with van der Waals surface area (Å²) >= 11 is 0. The summed E-state index contributed by atoms with van der Waals surface area (Å²) < 4.78 is 4.26. The van der Waals surface area contributed by atoms with Gasteiger partial charge < -0.3 is 19.7 Å². The quantitative estimate of drug-likeness (QED) is 0.522. The van der Waals surface area contributed by atoms with E-state index in [9.17, 15) is 19.8 Å². The minimum atomic E-state index is -1.59. The molecular weight excluding hydrogens is 164 g/mol. The molecule has 5 nitrogen and oxygen atoms in total. The topological polar surface area (TPSA) is 86.7 Å². The first-order valence-electron chi connectivity index (χ1n) is 3.36. The molecule has 0 aliphatic carbocycles. The van der Waals surface area contributed by atoms with Crippen molar-refractivity contribution < 1.29 is 24.5 Å². The standard InChI is InChI=1S/C7H12O5/c1-7(11,3-5(8)9)4-6(10)12-2/h11H,3-4H2,1-2H3,(H,8,9)/p-1. The lowest BCUT2D eigenvalue weighted by Gasteiger charge is -2.21. The fourth-order valence-electron chi connectivity index (χ4n) is 0.757. The van der Waals surface area contributed by atoms with Crippen LogP contribution in [0.5, 0.6) is 0 Å². The molecule has 0 fully saturated rings. The molecule has 0 rings (SSSR count). The van der Waals surface area contributed by atoms with Gasteiger partial charge in [0, 0.05) is 12.4 Å². The van der Waals surface area contributed by atoms with Crippen molar-refractivity contribution in [3.63, 3.8) is 0 Å². The molecule has 0 aromatic carbocycles. The summed E-state index contributed by atoms with van der Waals surface area (Å²) in [7, 11) is 1.16. The molecule has 1 unspecified atom stereocenters. The number of aliphatic hydroxyl groups is 1. The van der Waals surface area contributed by atoms with Crippen LogP contribution in [0.2, 0.25) is 0 Å². The second-order valence-electron chi connectivity index (χ2n) is 2.80. The van der Waals surface area contributed by atoms with E-state index in [-0.39, 0.29) is 6.42 Å². The summed E-state index contributed by atoms with van der Waals surface area (Å²) in [6, 6.07) is 0. The van der Waals surface area contributed by atoms with Crippen molar-refractivity contribution >= 4 is 11.9 Å². The highest BCUT2D eigenvalue weighted by molar-refractivity contribution is 5.72. The molecule has 0 aromatic rings. The first kappa shape index (κ1) is 10.9. The average molecular weight is 175 g/mol. The highest BCUT2D eigenvalue weighted by atomic mass is 16.5. The summed E-state index contributed by atoms with van der Waals surface area (Å²) in [6.07, 6.45) is -0.931. The largest absolute Gasteiger partial charge is 0.550 e. The number of rotatable bonds is 4. The normalized spacial score (nSPS) is 14.9. The second kappa shape index (κ2) is 4.06. The van der Waals surface area contributed by atoms with Crippen LogP contribution >= 0.6 is 0 Å². The molecule has 0 radical (unpaired) electrons. The first-order chi connectivity index (χ1) is 5.37. The van der Waals surface area contributed by atoms with Gasteiger partial charge in [0.2, 0.25) is 0 Å². The molecule has 0 aliphatic heterocycles. The van der Waals surface area contributed by atoms with Gasteiger partial charge in [-0.25, -0.2) is 0 Å². The van der Waals surface area contributed by atoms with Gasteiger partial charge >= 0.3 is 5.97 Å². The maximum Gasteiger partial charge on any atom is 0.308 e. The number of carboxylic acids is 1. The van der Waals surface area contributed by atoms with Gasteiger partial charge in [0.1, 0.15) is 0 Å². The molecule has 0 heterocycles. The predicted octanol–water partition coefficient (Wildman–Crippen LogP) is -1.56. The van der Waals surface area contributed by atoms with Crippen LogP contribution in [0.1, 0.15) is 19.8 Å². The number of methoxy groups -OCH3 is 1. The number of carbonyl (C=O) groups is 2. The van der Waals surface area contributed by atoms with Crippen LogP contribution in [0.3, 0.4) is 0 Å². The van der Waals surface area contributed by atoms with E-state index < -0.39 is 24.0 Å². The third kappa shape index (κ3) is 4.68. The van der Waals surface area contributed by atoms with E-state index in [4.69, 9.17) is 0 Å². The number of ether oxygens (including phenoxy) is 1. The fraction of sp³-hybridized carbons (Fsp3) is 0.714. The molecule has 5 heteroatoms. The SMILES string of the molecule is COC(=O)CC(C)(O)CC(=O)[O-]. The maximum atomic E-state index is 10.6. The van der Waals surface area contributed by atoms with Crippen molar-refractivity contribution in [3.8, 4) is 0 Å². The molecule has 0 saturated carbocycles. The summed E-state index contributed by atoms with van der Waals surface area (Å²) in [5.41, 5.74) is -1.59. The Morgan fingerprint density at radius 3 is 2.33 bits per heavy atom. The van der Waals surface area contributed by atoms with Gasteiger partial charge in [0.05, 0.1) is 19.1 Å². The van der Waals surface area contributed by atoms with Gasteiger partial charge in [-0.3, -0.25) is 4.79 Å². The van der Waals surface area contributed by atoms with E-state index in [2.05, 4.69) is 4.74 Å². The highest BCUT2D eigenvalue weighted by Gasteiger charge is 2.24. The number of esters is 1. The lowest BCUT2D eigenvalue weighted by Crippen LogP contribution is -2.37. The minimum Gasteiger partial charge on any atom is -0.550 e. The van der Waals surface area contributed by atoms with Crippen LogP contribution in [-0.2, 0) is 14.3 Å². The molecule has 12 heavy (non-hydrogen) atoms. The number of carbonyl (C=O) groups excluding carboxylic acids is 2. The third-order valence-electron chi connectivity index (χ3n) is 1.28. The maximum absolute atomic E-state index is 10.6. The van der Waals surface area contributed by atoms with Crippen LogP contribution < -0.4 is 5.11 Å². The predicted molar refractivity (Wildman–Crippen MR) is 36.9 cm³/mol. The monoisotopic (exact) mass is 175 g/mol. The van der Waals surface area contributed by atoms with Crippen LogP contribution in [0.25, 0.3) is 0 Å². The van der Waals surface area contributed by atoms with E-state index >= 15 is 0 Å². The molecule has 70 valence electrons. The second-order valence-corrected chi connectivity index (χ2v) is 2.80. The highest BCUT2D eigenvalue weighted by Crippen LogP contribution is 2.13. The smallest absolute Gasteiger partial charge is 0.308 e. The Kier molecular flexibility index (Phi) is 3.69. The van der Waals surface area contributed by atoms with E-state index in [0.717, 1.165) is 7.11 Å².